The van der Waals surface area contributed by atoms with Gasteiger partial charge in [-0.2, -0.15) is 0 Å². The summed E-state index contributed by atoms with van der Waals surface area (Å²) < 4.78 is 0. The van der Waals surface area contributed by atoms with Crippen molar-refractivity contribution in [1.29, 1.82) is 0 Å². The van der Waals surface area contributed by atoms with Crippen LogP contribution in [-0.4, -0.2) is 43.8 Å². The molecular formula is C40H62O4. The third-order valence-electron chi connectivity index (χ3n) is 17.9. The molecule has 0 aliphatic heterocycles. The average Bonchev–Trinajstić information content (AvgIpc) is 3.47. The molecule has 4 heteroatoms. The second kappa shape index (κ2) is 9.96. The molecule has 0 aromatic carbocycles. The molecule has 0 radical (unpaired) electrons. The molecular weight excluding hydrogens is 544 g/mol. The van der Waals surface area contributed by atoms with E-state index in [1.807, 2.05) is 0 Å². The molecule has 0 aromatic heterocycles. The molecule has 8 saturated carbocycles. The van der Waals surface area contributed by atoms with Crippen molar-refractivity contribution in [2.24, 2.45) is 69.0 Å². The first-order chi connectivity index (χ1) is 20.7. The van der Waals surface area contributed by atoms with Crippen LogP contribution in [0.4, 0.5) is 0 Å². The van der Waals surface area contributed by atoms with Crippen molar-refractivity contribution in [1.82, 2.24) is 0 Å². The van der Waals surface area contributed by atoms with Gasteiger partial charge in [-0.1, -0.05) is 39.5 Å². The van der Waals surface area contributed by atoms with Crippen molar-refractivity contribution in [3.05, 3.63) is 0 Å². The Morgan fingerprint density at radius 2 is 0.818 bits per heavy atom. The highest BCUT2D eigenvalue weighted by Crippen LogP contribution is 2.68. The molecule has 0 unspecified atom stereocenters. The molecule has 8 aliphatic rings. The third kappa shape index (κ3) is 4.23. The van der Waals surface area contributed by atoms with Crippen LogP contribution in [0.15, 0.2) is 0 Å². The van der Waals surface area contributed by atoms with E-state index in [4.69, 9.17) is 0 Å². The van der Waals surface area contributed by atoms with Crippen molar-refractivity contribution in [3.8, 4) is 11.8 Å². The number of aliphatic hydroxyl groups excluding tert-OH is 2. The summed E-state index contributed by atoms with van der Waals surface area (Å²) in [4.78, 5) is 0. The lowest BCUT2D eigenvalue weighted by Crippen LogP contribution is -2.56. The van der Waals surface area contributed by atoms with Crippen LogP contribution in [0, 0.1) is 80.8 Å². The summed E-state index contributed by atoms with van der Waals surface area (Å²) >= 11 is 0. The monoisotopic (exact) mass is 606 g/mol. The Bertz CT molecular complexity index is 1130. The predicted molar refractivity (Wildman–Crippen MR) is 173 cm³/mol. The van der Waals surface area contributed by atoms with Crippen LogP contribution < -0.4 is 0 Å². The normalized spacial score (nSPS) is 61.3. The molecule has 0 spiro atoms. The van der Waals surface area contributed by atoms with Gasteiger partial charge < -0.3 is 20.4 Å². The van der Waals surface area contributed by atoms with Gasteiger partial charge in [0.1, 0.15) is 11.2 Å². The summed E-state index contributed by atoms with van der Waals surface area (Å²) in [6.45, 7) is 9.79. The predicted octanol–water partition coefficient (Wildman–Crippen LogP) is 7.26. The minimum atomic E-state index is -0.977. The minimum absolute atomic E-state index is 0.118. The van der Waals surface area contributed by atoms with Gasteiger partial charge in [0.05, 0.1) is 12.2 Å². The van der Waals surface area contributed by atoms with Crippen LogP contribution in [0.3, 0.4) is 0 Å². The standard InChI is InChI=1S/C40H62O4/c1-35-17-19-39(43,23-25(35)5-7-27-29-9-11-33(41)37(29,3)15-13-31(27)35)21-22-40(44)20-18-36(2)26(24-40)6-8-28-30-10-12-34(42)38(30,4)16-14-32(28)36/h25-34,41-44H,5-20,23-24H2,1-4H3/t25-,26-,27-,28-,29+,30+,31-,32-,33-,34-,35-,36-,37-,38-,39-,40+/m0/s1. The number of rotatable bonds is 0. The van der Waals surface area contributed by atoms with Gasteiger partial charge in [-0.3, -0.25) is 0 Å². The Labute approximate surface area is 267 Å². The van der Waals surface area contributed by atoms with Crippen LogP contribution in [0.5, 0.6) is 0 Å². The molecule has 0 saturated heterocycles. The third-order valence-corrected chi connectivity index (χ3v) is 17.9. The maximum absolute atomic E-state index is 11.9. The summed E-state index contributed by atoms with van der Waals surface area (Å²) in [5.74, 6) is 12.0. The van der Waals surface area contributed by atoms with Crippen LogP contribution in [0.2, 0.25) is 0 Å². The zero-order chi connectivity index (χ0) is 30.9. The Morgan fingerprint density at radius 3 is 1.23 bits per heavy atom. The molecule has 4 N–H and O–H groups in total. The highest BCUT2D eigenvalue weighted by atomic mass is 16.3. The van der Waals surface area contributed by atoms with E-state index < -0.39 is 11.2 Å². The number of aliphatic hydroxyl groups is 4. The Balaban J connectivity index is 0.951. The second-order valence-corrected chi connectivity index (χ2v) is 19.3. The first kappa shape index (κ1) is 30.7. The second-order valence-electron chi connectivity index (χ2n) is 19.3. The highest BCUT2D eigenvalue weighted by molar-refractivity contribution is 5.26. The largest absolute Gasteiger partial charge is 0.393 e. The topological polar surface area (TPSA) is 80.9 Å². The van der Waals surface area contributed by atoms with Gasteiger partial charge in [-0.15, -0.1) is 0 Å². The molecule has 0 amide bonds. The highest BCUT2D eigenvalue weighted by Gasteiger charge is 2.63. The zero-order valence-corrected chi connectivity index (χ0v) is 28.3. The Morgan fingerprint density at radius 1 is 0.432 bits per heavy atom. The van der Waals surface area contributed by atoms with E-state index in [-0.39, 0.29) is 33.9 Å². The van der Waals surface area contributed by atoms with Gasteiger partial charge in [0.25, 0.3) is 0 Å². The lowest BCUT2D eigenvalue weighted by Gasteiger charge is -2.61. The first-order valence-corrected chi connectivity index (χ1v) is 19.1. The summed E-state index contributed by atoms with van der Waals surface area (Å²) in [6, 6.07) is 0. The molecule has 0 bridgehead atoms. The average molecular weight is 607 g/mol. The number of hydrogen-bond donors (Lipinski definition) is 4. The van der Waals surface area contributed by atoms with Gasteiger partial charge in [0.15, 0.2) is 0 Å². The number of fused-ring (bicyclic) bond motifs is 10. The van der Waals surface area contributed by atoms with Gasteiger partial charge >= 0.3 is 0 Å². The van der Waals surface area contributed by atoms with Crippen LogP contribution in [0.1, 0.15) is 143 Å². The SMILES string of the molecule is C[C@]12CC[C@H]3[C@@H](CC[C@H]4C[C@@](O)(C#C[C@]5(O)CC[C@@]6(C)[C@@H](CC[C@H]7[C@H]8CC[C@H](O)[C@@]8(C)CC[C@@H]76)C5)CC[C@@]43C)[C@H]1CC[C@@H]2O. The van der Waals surface area contributed by atoms with Crippen LogP contribution in [0.25, 0.3) is 0 Å². The van der Waals surface area contributed by atoms with Crippen molar-refractivity contribution in [3.63, 3.8) is 0 Å². The molecule has 246 valence electrons. The molecule has 8 aliphatic carbocycles. The fourth-order valence-electron chi connectivity index (χ4n) is 14.9. The van der Waals surface area contributed by atoms with Crippen molar-refractivity contribution >= 4 is 0 Å². The fraction of sp³-hybridized carbons (Fsp3) is 0.950. The van der Waals surface area contributed by atoms with E-state index in [1.165, 1.54) is 51.4 Å². The van der Waals surface area contributed by atoms with Gasteiger partial charge in [-0.25, -0.2) is 0 Å². The Kier molecular flexibility index (Phi) is 6.96. The number of hydrogen-bond acceptors (Lipinski definition) is 4. The molecule has 0 heterocycles. The van der Waals surface area contributed by atoms with E-state index >= 15 is 0 Å². The summed E-state index contributed by atoms with van der Waals surface area (Å²) in [6.07, 6.45) is 18.8. The first-order valence-electron chi connectivity index (χ1n) is 19.1. The lowest BCUT2D eigenvalue weighted by atomic mass is 9.44. The quantitative estimate of drug-likeness (QED) is 0.219. The van der Waals surface area contributed by atoms with E-state index in [2.05, 4.69) is 39.5 Å². The van der Waals surface area contributed by atoms with Gasteiger partial charge in [0, 0.05) is 0 Å². The smallest absolute Gasteiger partial charge is 0.125 e. The molecule has 0 aromatic rings. The summed E-state index contributed by atoms with van der Waals surface area (Å²) in [7, 11) is 0. The lowest BCUT2D eigenvalue weighted by molar-refractivity contribution is -0.145. The molecule has 8 rings (SSSR count). The molecule has 4 nitrogen and oxygen atoms in total. The van der Waals surface area contributed by atoms with Crippen molar-refractivity contribution < 1.29 is 20.4 Å². The van der Waals surface area contributed by atoms with Crippen molar-refractivity contribution in [2.75, 3.05) is 0 Å². The van der Waals surface area contributed by atoms with Gasteiger partial charge in [0.2, 0.25) is 0 Å². The summed E-state index contributed by atoms with van der Waals surface area (Å²) in [5, 5.41) is 45.5. The fourth-order valence-corrected chi connectivity index (χ4v) is 14.9. The minimum Gasteiger partial charge on any atom is -0.393 e. The molecule has 16 atom stereocenters. The van der Waals surface area contributed by atoms with E-state index in [0.717, 1.165) is 76.0 Å². The zero-order valence-electron chi connectivity index (χ0n) is 28.3. The van der Waals surface area contributed by atoms with Crippen LogP contribution >= 0.6 is 0 Å². The van der Waals surface area contributed by atoms with Gasteiger partial charge in [-0.05, 0) is 185 Å². The van der Waals surface area contributed by atoms with E-state index in [9.17, 15) is 20.4 Å². The van der Waals surface area contributed by atoms with Crippen LogP contribution in [-0.2, 0) is 0 Å². The molecule has 44 heavy (non-hydrogen) atoms. The van der Waals surface area contributed by atoms with E-state index in [0.29, 0.717) is 35.5 Å². The van der Waals surface area contributed by atoms with E-state index in [1.54, 1.807) is 0 Å². The van der Waals surface area contributed by atoms with Crippen molar-refractivity contribution in [2.45, 2.75) is 167 Å². The Hall–Kier alpha value is -0.600. The molecule has 8 fully saturated rings. The maximum Gasteiger partial charge on any atom is 0.125 e. The maximum atomic E-state index is 11.9. The summed E-state index contributed by atoms with van der Waals surface area (Å²) in [5.41, 5.74) is -1.19.